The summed E-state index contributed by atoms with van der Waals surface area (Å²) in [5.74, 6) is -2.85. The van der Waals surface area contributed by atoms with Crippen LogP contribution in [-0.4, -0.2) is 36.5 Å². The summed E-state index contributed by atoms with van der Waals surface area (Å²) < 4.78 is 10.5. The van der Waals surface area contributed by atoms with E-state index in [2.05, 4.69) is 5.32 Å². The maximum absolute atomic E-state index is 13.8. The summed E-state index contributed by atoms with van der Waals surface area (Å²) >= 11 is 0. The van der Waals surface area contributed by atoms with Crippen molar-refractivity contribution in [3.63, 3.8) is 0 Å². The minimum absolute atomic E-state index is 0.0331. The monoisotopic (exact) mass is 435 g/mol. The molecular formula is C25H25NO6. The van der Waals surface area contributed by atoms with Crippen LogP contribution in [0.5, 0.6) is 11.5 Å². The Morgan fingerprint density at radius 2 is 1.84 bits per heavy atom. The molecule has 7 heteroatoms. The number of amides is 1. The number of nitrogens with one attached hydrogen (secondary N) is 1. The first-order chi connectivity index (χ1) is 15.4. The average molecular weight is 435 g/mol. The van der Waals surface area contributed by atoms with E-state index in [1.807, 2.05) is 30.3 Å². The van der Waals surface area contributed by atoms with Crippen LogP contribution in [-0.2, 0) is 19.1 Å². The minimum atomic E-state index is -0.993. The number of phenols is 1. The number of hydrogen-bond acceptors (Lipinski definition) is 6. The van der Waals surface area contributed by atoms with Gasteiger partial charge in [-0.25, -0.2) is 0 Å². The first-order valence-electron chi connectivity index (χ1n) is 10.6. The maximum Gasteiger partial charge on any atom is 0.317 e. The number of benzene rings is 2. The van der Waals surface area contributed by atoms with Crippen LogP contribution >= 0.6 is 0 Å². The third-order valence-electron chi connectivity index (χ3n) is 6.10. The van der Waals surface area contributed by atoms with Crippen LogP contribution in [0.25, 0.3) is 0 Å². The van der Waals surface area contributed by atoms with Crippen molar-refractivity contribution in [1.29, 1.82) is 0 Å². The summed E-state index contributed by atoms with van der Waals surface area (Å²) in [6.07, 6.45) is 0.399. The molecule has 7 nitrogen and oxygen atoms in total. The number of carbonyl (C=O) groups excluding carboxylic acids is 3. The highest BCUT2D eigenvalue weighted by Gasteiger charge is 2.47. The molecule has 4 rings (SSSR count). The first kappa shape index (κ1) is 21.6. The molecule has 0 saturated heterocycles. The summed E-state index contributed by atoms with van der Waals surface area (Å²) in [6.45, 7) is 1.88. The fourth-order valence-corrected chi connectivity index (χ4v) is 4.66. The van der Waals surface area contributed by atoms with E-state index in [1.165, 1.54) is 13.2 Å². The fraction of sp³-hybridized carbons (Fsp3) is 0.320. The van der Waals surface area contributed by atoms with Gasteiger partial charge in [-0.15, -0.1) is 0 Å². The lowest BCUT2D eigenvalue weighted by molar-refractivity contribution is -0.152. The number of hydrogen-bond donors (Lipinski definition) is 2. The second kappa shape index (κ2) is 8.86. The topological polar surface area (TPSA) is 102 Å². The molecule has 3 atom stereocenters. The molecule has 1 aliphatic heterocycles. The van der Waals surface area contributed by atoms with E-state index in [9.17, 15) is 19.5 Å². The van der Waals surface area contributed by atoms with Crippen molar-refractivity contribution in [2.75, 3.05) is 13.7 Å². The molecule has 1 heterocycles. The van der Waals surface area contributed by atoms with Crippen molar-refractivity contribution in [1.82, 2.24) is 5.32 Å². The lowest BCUT2D eigenvalue weighted by Gasteiger charge is -2.38. The van der Waals surface area contributed by atoms with Gasteiger partial charge in [-0.2, -0.15) is 0 Å². The van der Waals surface area contributed by atoms with Crippen molar-refractivity contribution in [2.24, 2.45) is 5.92 Å². The van der Waals surface area contributed by atoms with Gasteiger partial charge in [0, 0.05) is 29.5 Å². The highest BCUT2D eigenvalue weighted by molar-refractivity contribution is 6.12. The third kappa shape index (κ3) is 3.86. The Balaban J connectivity index is 1.82. The predicted molar refractivity (Wildman–Crippen MR) is 116 cm³/mol. The third-order valence-corrected chi connectivity index (χ3v) is 6.10. The zero-order valence-electron chi connectivity index (χ0n) is 18.0. The highest BCUT2D eigenvalue weighted by Crippen LogP contribution is 2.46. The van der Waals surface area contributed by atoms with Gasteiger partial charge in [-0.05, 0) is 36.6 Å². The van der Waals surface area contributed by atoms with Gasteiger partial charge in [-0.1, -0.05) is 36.4 Å². The molecule has 166 valence electrons. The molecule has 2 aromatic carbocycles. The maximum atomic E-state index is 13.8. The van der Waals surface area contributed by atoms with Gasteiger partial charge in [0.1, 0.15) is 5.92 Å². The Hall–Kier alpha value is -3.61. The van der Waals surface area contributed by atoms with Gasteiger partial charge in [0.05, 0.1) is 13.7 Å². The lowest BCUT2D eigenvalue weighted by Crippen LogP contribution is -2.44. The molecule has 32 heavy (non-hydrogen) atoms. The molecule has 0 radical (unpaired) electrons. The summed E-state index contributed by atoms with van der Waals surface area (Å²) in [7, 11) is 1.43. The van der Waals surface area contributed by atoms with E-state index in [0.29, 0.717) is 23.3 Å². The van der Waals surface area contributed by atoms with Crippen molar-refractivity contribution >= 4 is 17.7 Å². The zero-order valence-corrected chi connectivity index (χ0v) is 18.0. The molecule has 0 fully saturated rings. The number of ketones is 1. The van der Waals surface area contributed by atoms with E-state index in [0.717, 1.165) is 5.56 Å². The number of phenolic OH excluding ortho intramolecular Hbond substituents is 1. The smallest absolute Gasteiger partial charge is 0.317 e. The molecule has 0 unspecified atom stereocenters. The van der Waals surface area contributed by atoms with Gasteiger partial charge in [0.2, 0.25) is 5.91 Å². The molecular weight excluding hydrogens is 410 g/mol. The first-order valence-corrected chi connectivity index (χ1v) is 10.6. The van der Waals surface area contributed by atoms with Crippen molar-refractivity contribution in [3.05, 3.63) is 70.9 Å². The fourth-order valence-electron chi connectivity index (χ4n) is 4.66. The standard InChI is InChI=1S/C25H25NO6/c1-3-32-25(30)23-16(14-7-5-4-6-8-14)12-18-22(24(23)29)17(13-21(28)26-18)15-9-10-19(27)20(11-15)31-2/h4-11,16-17,23,27H,3,12-13H2,1-2H3,(H,26,28)/t16-,17-,23+/m0/s1. The van der Waals surface area contributed by atoms with Crippen LogP contribution in [0.3, 0.4) is 0 Å². The molecule has 1 aliphatic carbocycles. The van der Waals surface area contributed by atoms with Crippen molar-refractivity contribution < 1.29 is 29.0 Å². The molecule has 1 amide bonds. The molecule has 2 N–H and O–H groups in total. The minimum Gasteiger partial charge on any atom is -0.504 e. The lowest BCUT2D eigenvalue weighted by atomic mass is 9.68. The van der Waals surface area contributed by atoms with Crippen molar-refractivity contribution in [2.45, 2.75) is 31.6 Å². The summed E-state index contributed by atoms with van der Waals surface area (Å²) in [6, 6.07) is 14.1. The number of aromatic hydroxyl groups is 1. The van der Waals surface area contributed by atoms with Crippen LogP contribution in [0.4, 0.5) is 0 Å². The Kier molecular flexibility index (Phi) is 5.99. The van der Waals surface area contributed by atoms with E-state index >= 15 is 0 Å². The normalized spacial score (nSPS) is 22.8. The Morgan fingerprint density at radius 3 is 2.53 bits per heavy atom. The Morgan fingerprint density at radius 1 is 1.09 bits per heavy atom. The Labute approximate surface area is 186 Å². The summed E-state index contributed by atoms with van der Waals surface area (Å²) in [4.78, 5) is 39.3. The highest BCUT2D eigenvalue weighted by atomic mass is 16.5. The van der Waals surface area contributed by atoms with E-state index in [-0.39, 0.29) is 36.2 Å². The van der Waals surface area contributed by atoms with E-state index < -0.39 is 23.7 Å². The molecule has 2 aliphatic rings. The SMILES string of the molecule is CCOC(=O)[C@H]1C(=O)C2=C(C[C@H]1c1ccccc1)NC(=O)C[C@H]2c1ccc(O)c(OC)c1. The van der Waals surface area contributed by atoms with Crippen molar-refractivity contribution in [3.8, 4) is 11.5 Å². The summed E-state index contributed by atoms with van der Waals surface area (Å²) in [5.41, 5.74) is 2.46. The average Bonchev–Trinajstić information content (AvgIpc) is 2.79. The molecule has 0 spiro atoms. The van der Waals surface area contributed by atoms with Gasteiger partial charge in [-0.3, -0.25) is 14.4 Å². The quantitative estimate of drug-likeness (QED) is 0.552. The number of carbonyl (C=O) groups is 3. The van der Waals surface area contributed by atoms with E-state index in [4.69, 9.17) is 9.47 Å². The van der Waals surface area contributed by atoms with Gasteiger partial charge in [0.25, 0.3) is 0 Å². The predicted octanol–water partition coefficient (Wildman–Crippen LogP) is 3.19. The van der Waals surface area contributed by atoms with Crippen LogP contribution in [0.15, 0.2) is 59.8 Å². The van der Waals surface area contributed by atoms with Gasteiger partial charge in [0.15, 0.2) is 17.3 Å². The van der Waals surface area contributed by atoms with Crippen LogP contribution in [0.1, 0.15) is 42.7 Å². The Bertz CT molecular complexity index is 1090. The second-order valence-corrected chi connectivity index (χ2v) is 7.94. The van der Waals surface area contributed by atoms with Crippen LogP contribution in [0.2, 0.25) is 0 Å². The number of esters is 1. The summed E-state index contributed by atoms with van der Waals surface area (Å²) in [5, 5.41) is 12.8. The molecule has 0 saturated carbocycles. The molecule has 2 aromatic rings. The van der Waals surface area contributed by atoms with Gasteiger partial charge < -0.3 is 19.9 Å². The van der Waals surface area contributed by atoms with E-state index in [1.54, 1.807) is 19.1 Å². The number of allylic oxidation sites excluding steroid dienone is 2. The molecule has 0 bridgehead atoms. The largest absolute Gasteiger partial charge is 0.504 e. The number of Topliss-reactive ketones (excluding diaryl/α,β-unsaturated/α-hetero) is 1. The van der Waals surface area contributed by atoms with Gasteiger partial charge >= 0.3 is 5.97 Å². The van der Waals surface area contributed by atoms with Crippen LogP contribution < -0.4 is 10.1 Å². The number of rotatable bonds is 5. The number of methoxy groups -OCH3 is 1. The van der Waals surface area contributed by atoms with Crippen LogP contribution in [0, 0.1) is 5.92 Å². The second-order valence-electron chi connectivity index (χ2n) is 7.94. The zero-order chi connectivity index (χ0) is 22.8. The number of ether oxygens (including phenoxy) is 2. The molecule has 0 aromatic heterocycles.